The zero-order valence-corrected chi connectivity index (χ0v) is 20.9. The van der Waals surface area contributed by atoms with Crippen molar-refractivity contribution in [2.45, 2.75) is 6.54 Å². The number of non-ortho nitro benzene ring substituents is 1. The minimum atomic E-state index is -0.477. The van der Waals surface area contributed by atoms with E-state index in [-0.39, 0.29) is 18.4 Å². The number of nitro benzene ring substituents is 1. The molecule has 10 nitrogen and oxygen atoms in total. The maximum absolute atomic E-state index is 13.2. The van der Waals surface area contributed by atoms with Crippen LogP contribution < -0.4 is 20.1 Å². The number of carbonyl (C=O) groups is 1. The number of anilines is 2. The molecule has 3 aliphatic rings. The maximum Gasteiger partial charge on any atom is 0.271 e. The average molecular weight is 514 g/mol. The van der Waals surface area contributed by atoms with E-state index in [1.165, 1.54) is 17.7 Å². The number of fused-ring (bicyclic) bond motifs is 2. The van der Waals surface area contributed by atoms with Gasteiger partial charge in [0.15, 0.2) is 11.5 Å². The number of piperazine rings is 1. The van der Waals surface area contributed by atoms with E-state index in [9.17, 15) is 14.9 Å². The standard InChI is InChI=1S/C28H27N5O5/c1-31-10-12-32(13-11-31)16-18-2-5-20(6-3-18)29-27(19-4-9-24-25(14-19)38-17-37-24)26-22-8-7-21(33(35)36)15-23(22)30-28(26)34/h2-9,14-15,29H,10-13,16-17H2,1H3,(H,30,34)/b27-26-. The van der Waals surface area contributed by atoms with Gasteiger partial charge in [-0.25, -0.2) is 0 Å². The Balaban J connectivity index is 1.35. The highest BCUT2D eigenvalue weighted by Crippen LogP contribution is 2.41. The molecule has 1 amide bonds. The van der Waals surface area contributed by atoms with E-state index in [1.54, 1.807) is 6.07 Å². The molecule has 194 valence electrons. The number of nitrogens with zero attached hydrogens (tertiary/aromatic N) is 3. The number of nitro groups is 1. The number of benzene rings is 3. The van der Waals surface area contributed by atoms with Crippen LogP contribution >= 0.6 is 0 Å². The molecular weight excluding hydrogens is 486 g/mol. The number of nitrogens with one attached hydrogen (secondary N) is 2. The summed E-state index contributed by atoms with van der Waals surface area (Å²) in [5, 5.41) is 17.5. The van der Waals surface area contributed by atoms with Gasteiger partial charge in [-0.2, -0.15) is 0 Å². The van der Waals surface area contributed by atoms with Crippen molar-refractivity contribution in [1.29, 1.82) is 0 Å². The van der Waals surface area contributed by atoms with Crippen molar-refractivity contribution in [3.63, 3.8) is 0 Å². The van der Waals surface area contributed by atoms with E-state index in [4.69, 9.17) is 9.47 Å². The van der Waals surface area contributed by atoms with Crippen LogP contribution in [0.25, 0.3) is 11.3 Å². The number of carbonyl (C=O) groups excluding carboxylic acids is 1. The summed E-state index contributed by atoms with van der Waals surface area (Å²) in [6.07, 6.45) is 0. The van der Waals surface area contributed by atoms with E-state index in [2.05, 4.69) is 39.6 Å². The van der Waals surface area contributed by atoms with E-state index < -0.39 is 4.92 Å². The van der Waals surface area contributed by atoms with Crippen LogP contribution in [0.1, 0.15) is 16.7 Å². The number of rotatable bonds is 6. The van der Waals surface area contributed by atoms with Crippen LogP contribution in [0.3, 0.4) is 0 Å². The second-order valence-electron chi connectivity index (χ2n) is 9.66. The smallest absolute Gasteiger partial charge is 0.271 e. The summed E-state index contributed by atoms with van der Waals surface area (Å²) in [6, 6.07) is 18.1. The minimum absolute atomic E-state index is 0.0844. The van der Waals surface area contributed by atoms with Crippen molar-refractivity contribution in [1.82, 2.24) is 9.80 Å². The van der Waals surface area contributed by atoms with Crippen molar-refractivity contribution in [2.75, 3.05) is 50.7 Å². The quantitative estimate of drug-likeness (QED) is 0.289. The average Bonchev–Trinajstić information content (AvgIpc) is 3.52. The van der Waals surface area contributed by atoms with Crippen molar-refractivity contribution in [3.8, 4) is 11.5 Å². The summed E-state index contributed by atoms with van der Waals surface area (Å²) >= 11 is 0. The second-order valence-corrected chi connectivity index (χ2v) is 9.66. The number of hydrogen-bond acceptors (Lipinski definition) is 8. The lowest BCUT2D eigenvalue weighted by atomic mass is 9.99. The Bertz CT molecular complexity index is 1440. The molecule has 10 heteroatoms. The van der Waals surface area contributed by atoms with Gasteiger partial charge in [0.05, 0.1) is 21.9 Å². The molecule has 0 atom stereocenters. The van der Waals surface area contributed by atoms with Crippen LogP contribution in [0, 0.1) is 10.1 Å². The third-order valence-electron chi connectivity index (χ3n) is 7.10. The molecule has 0 unspecified atom stereocenters. The summed E-state index contributed by atoms with van der Waals surface area (Å²) in [5.41, 5.74) is 4.64. The van der Waals surface area contributed by atoms with Crippen LogP contribution in [0.2, 0.25) is 0 Å². The summed E-state index contributed by atoms with van der Waals surface area (Å²) in [4.78, 5) is 28.8. The monoisotopic (exact) mass is 513 g/mol. The van der Waals surface area contributed by atoms with Crippen LogP contribution in [0.5, 0.6) is 11.5 Å². The first-order chi connectivity index (χ1) is 18.4. The molecule has 3 aliphatic heterocycles. The highest BCUT2D eigenvalue weighted by atomic mass is 16.7. The lowest BCUT2D eigenvalue weighted by Gasteiger charge is -2.32. The fourth-order valence-corrected chi connectivity index (χ4v) is 4.96. The predicted molar refractivity (Wildman–Crippen MR) is 144 cm³/mol. The number of hydrogen-bond donors (Lipinski definition) is 2. The molecule has 6 rings (SSSR count). The van der Waals surface area contributed by atoms with Gasteiger partial charge >= 0.3 is 0 Å². The van der Waals surface area contributed by atoms with Crippen LogP contribution in [-0.2, 0) is 11.3 Å². The predicted octanol–water partition coefficient (Wildman–Crippen LogP) is 4.00. The van der Waals surface area contributed by atoms with E-state index in [0.29, 0.717) is 34.0 Å². The van der Waals surface area contributed by atoms with Crippen molar-refractivity contribution in [3.05, 3.63) is 87.5 Å². The van der Waals surface area contributed by atoms with Gasteiger partial charge in [-0.15, -0.1) is 0 Å². The van der Waals surface area contributed by atoms with Crippen molar-refractivity contribution >= 4 is 34.2 Å². The van der Waals surface area contributed by atoms with Gasteiger partial charge in [0, 0.05) is 61.7 Å². The Kier molecular flexibility index (Phi) is 6.18. The van der Waals surface area contributed by atoms with E-state index in [0.717, 1.165) is 44.0 Å². The number of ether oxygens (including phenoxy) is 2. The molecule has 0 aromatic heterocycles. The van der Waals surface area contributed by atoms with Gasteiger partial charge < -0.3 is 25.0 Å². The van der Waals surface area contributed by atoms with Gasteiger partial charge in [-0.05, 0) is 49.0 Å². The van der Waals surface area contributed by atoms with Gasteiger partial charge in [0.2, 0.25) is 6.79 Å². The Morgan fingerprint density at radius 1 is 1.00 bits per heavy atom. The topological polar surface area (TPSA) is 109 Å². The first-order valence-corrected chi connectivity index (χ1v) is 12.5. The molecule has 0 aliphatic carbocycles. The Morgan fingerprint density at radius 2 is 1.76 bits per heavy atom. The third kappa shape index (κ3) is 4.67. The first kappa shape index (κ1) is 24.0. The highest BCUT2D eigenvalue weighted by molar-refractivity contribution is 6.37. The van der Waals surface area contributed by atoms with Gasteiger partial charge in [-0.1, -0.05) is 12.1 Å². The molecule has 3 aromatic carbocycles. The lowest BCUT2D eigenvalue weighted by molar-refractivity contribution is -0.384. The second kappa shape index (κ2) is 9.81. The Morgan fingerprint density at radius 3 is 2.53 bits per heavy atom. The molecule has 1 saturated heterocycles. The zero-order chi connectivity index (χ0) is 26.2. The normalized spacial score (nSPS) is 18.2. The number of likely N-dealkylation sites (N-methyl/N-ethyl adjacent to an activating group) is 1. The maximum atomic E-state index is 13.2. The van der Waals surface area contributed by atoms with Gasteiger partial charge in [0.1, 0.15) is 0 Å². The number of amides is 1. The van der Waals surface area contributed by atoms with E-state index in [1.807, 2.05) is 30.3 Å². The van der Waals surface area contributed by atoms with E-state index >= 15 is 0 Å². The van der Waals surface area contributed by atoms with Gasteiger partial charge in [-0.3, -0.25) is 19.8 Å². The van der Waals surface area contributed by atoms with Crippen molar-refractivity contribution < 1.29 is 19.2 Å². The SMILES string of the molecule is CN1CCN(Cc2ccc(N/C(=C3\C(=O)Nc4cc([N+](=O)[O-])ccc43)c3ccc4c(c3)OCO4)cc2)CC1. The van der Waals surface area contributed by atoms with Crippen molar-refractivity contribution in [2.24, 2.45) is 0 Å². The summed E-state index contributed by atoms with van der Waals surface area (Å²) in [7, 11) is 2.15. The molecule has 3 heterocycles. The summed E-state index contributed by atoms with van der Waals surface area (Å²) in [5.74, 6) is 0.887. The fraction of sp³-hybridized carbons (Fsp3) is 0.250. The highest BCUT2D eigenvalue weighted by Gasteiger charge is 2.30. The fourth-order valence-electron chi connectivity index (χ4n) is 4.96. The van der Waals surface area contributed by atoms with Gasteiger partial charge in [0.25, 0.3) is 11.6 Å². The molecule has 3 aromatic rings. The third-order valence-corrected chi connectivity index (χ3v) is 7.10. The molecule has 0 bridgehead atoms. The molecule has 38 heavy (non-hydrogen) atoms. The first-order valence-electron chi connectivity index (χ1n) is 12.5. The largest absolute Gasteiger partial charge is 0.454 e. The molecule has 1 fully saturated rings. The van der Waals surface area contributed by atoms with Crippen LogP contribution in [-0.4, -0.2) is 60.6 Å². The summed E-state index contributed by atoms with van der Waals surface area (Å²) < 4.78 is 11.0. The molecule has 0 saturated carbocycles. The molecular formula is C28H27N5O5. The molecule has 0 spiro atoms. The lowest BCUT2D eigenvalue weighted by Crippen LogP contribution is -2.43. The Labute approximate surface area is 219 Å². The molecule has 0 radical (unpaired) electrons. The molecule has 2 N–H and O–H groups in total. The van der Waals surface area contributed by atoms with Crippen LogP contribution in [0.4, 0.5) is 17.1 Å². The zero-order valence-electron chi connectivity index (χ0n) is 20.9. The minimum Gasteiger partial charge on any atom is -0.454 e. The summed E-state index contributed by atoms with van der Waals surface area (Å²) in [6.45, 7) is 5.25. The van der Waals surface area contributed by atoms with Crippen LogP contribution in [0.15, 0.2) is 60.7 Å². The Hall–Kier alpha value is -4.41.